The molecule has 0 spiro atoms. The van der Waals surface area contributed by atoms with E-state index in [1.807, 2.05) is 6.07 Å². The normalized spacial score (nSPS) is 20.2. The van der Waals surface area contributed by atoms with E-state index in [0.717, 1.165) is 24.8 Å². The fraction of sp³-hybridized carbons (Fsp3) is 0.600. The largest absolute Gasteiger partial charge is 0.392 e. The zero-order chi connectivity index (χ0) is 13.1. The smallest absolute Gasteiger partial charge is 0.123 e. The Labute approximate surface area is 108 Å². The summed E-state index contributed by atoms with van der Waals surface area (Å²) < 4.78 is 13.2. The molecule has 1 aliphatic rings. The first-order valence-electron chi connectivity index (χ1n) is 6.76. The maximum absolute atomic E-state index is 13.2. The lowest BCUT2D eigenvalue weighted by Gasteiger charge is -2.18. The number of aliphatic hydroxyl groups is 1. The Balaban J connectivity index is 1.91. The van der Waals surface area contributed by atoms with Crippen LogP contribution in [0.3, 0.4) is 0 Å². The molecule has 2 rings (SSSR count). The van der Waals surface area contributed by atoms with E-state index in [1.54, 1.807) is 6.07 Å². The molecule has 0 fully saturated rings. The average Bonchev–Trinajstić information content (AvgIpc) is 2.68. The summed E-state index contributed by atoms with van der Waals surface area (Å²) in [5.41, 5.74) is 2.29. The van der Waals surface area contributed by atoms with Gasteiger partial charge in [-0.3, -0.25) is 0 Å². The molecule has 0 bridgehead atoms. The van der Waals surface area contributed by atoms with Crippen molar-refractivity contribution >= 4 is 0 Å². The summed E-state index contributed by atoms with van der Waals surface area (Å²) in [6.07, 6.45) is 2.47. The van der Waals surface area contributed by atoms with Crippen LogP contribution in [0.25, 0.3) is 0 Å². The van der Waals surface area contributed by atoms with Gasteiger partial charge in [0.1, 0.15) is 5.82 Å². The third-order valence-corrected chi connectivity index (χ3v) is 3.53. The van der Waals surface area contributed by atoms with Crippen molar-refractivity contribution in [3.8, 4) is 0 Å². The minimum absolute atomic E-state index is 0.176. The maximum atomic E-state index is 13.2. The first-order valence-corrected chi connectivity index (χ1v) is 6.76. The van der Waals surface area contributed by atoms with Crippen LogP contribution in [-0.4, -0.2) is 17.8 Å². The Morgan fingerprint density at radius 2 is 2.22 bits per heavy atom. The van der Waals surface area contributed by atoms with Gasteiger partial charge in [0, 0.05) is 12.6 Å². The number of nitrogens with one attached hydrogen (secondary N) is 1. The summed E-state index contributed by atoms with van der Waals surface area (Å²) in [4.78, 5) is 0. The van der Waals surface area contributed by atoms with Crippen LogP contribution in [0.4, 0.5) is 4.39 Å². The molecule has 1 aromatic rings. The van der Waals surface area contributed by atoms with Gasteiger partial charge in [0.15, 0.2) is 0 Å². The van der Waals surface area contributed by atoms with Crippen LogP contribution in [0.15, 0.2) is 18.2 Å². The summed E-state index contributed by atoms with van der Waals surface area (Å²) in [6, 6.07) is 5.21. The molecule has 0 saturated heterocycles. The molecule has 2 unspecified atom stereocenters. The zero-order valence-corrected chi connectivity index (χ0v) is 11.1. The molecule has 3 heteroatoms. The lowest BCUT2D eigenvalue weighted by Crippen LogP contribution is -2.30. The van der Waals surface area contributed by atoms with Crippen molar-refractivity contribution in [1.82, 2.24) is 5.32 Å². The highest BCUT2D eigenvalue weighted by atomic mass is 19.1. The maximum Gasteiger partial charge on any atom is 0.123 e. The lowest BCUT2D eigenvalue weighted by molar-refractivity contribution is 0.142. The van der Waals surface area contributed by atoms with Crippen molar-refractivity contribution in [3.05, 3.63) is 35.1 Å². The van der Waals surface area contributed by atoms with Crippen molar-refractivity contribution in [3.63, 3.8) is 0 Å². The van der Waals surface area contributed by atoms with Crippen LogP contribution in [0.2, 0.25) is 0 Å². The number of rotatable bonds is 5. The molecule has 1 aliphatic carbocycles. The van der Waals surface area contributed by atoms with Crippen molar-refractivity contribution in [2.45, 2.75) is 45.3 Å². The first-order chi connectivity index (χ1) is 8.56. The van der Waals surface area contributed by atoms with Crippen LogP contribution < -0.4 is 5.32 Å². The minimum Gasteiger partial charge on any atom is -0.392 e. The minimum atomic E-state index is -0.317. The molecule has 0 heterocycles. The molecule has 0 saturated carbocycles. The number of aryl methyl sites for hydroxylation is 1. The van der Waals surface area contributed by atoms with Gasteiger partial charge < -0.3 is 10.4 Å². The SMILES string of the molecule is CC(C)CC(O)CNC1CCc2ccc(F)cc21. The van der Waals surface area contributed by atoms with Crippen molar-refractivity contribution in [1.29, 1.82) is 0 Å². The van der Waals surface area contributed by atoms with Gasteiger partial charge in [0.05, 0.1) is 6.10 Å². The molecule has 2 nitrogen and oxygen atoms in total. The van der Waals surface area contributed by atoms with Crippen LogP contribution in [0, 0.1) is 11.7 Å². The molecule has 0 aromatic heterocycles. The van der Waals surface area contributed by atoms with Gasteiger partial charge in [-0.25, -0.2) is 4.39 Å². The van der Waals surface area contributed by atoms with Gasteiger partial charge in [0.2, 0.25) is 0 Å². The molecule has 0 amide bonds. The predicted molar refractivity (Wildman–Crippen MR) is 70.9 cm³/mol. The molecule has 100 valence electrons. The van der Waals surface area contributed by atoms with Crippen LogP contribution in [0.1, 0.15) is 43.9 Å². The summed E-state index contributed by atoms with van der Waals surface area (Å²) in [5, 5.41) is 13.2. The Kier molecular flexibility index (Phi) is 4.36. The first kappa shape index (κ1) is 13.5. The highest BCUT2D eigenvalue weighted by molar-refractivity contribution is 5.34. The lowest BCUT2D eigenvalue weighted by atomic mass is 10.0. The van der Waals surface area contributed by atoms with E-state index in [-0.39, 0.29) is 18.0 Å². The van der Waals surface area contributed by atoms with Gasteiger partial charge in [-0.05, 0) is 48.4 Å². The number of aliphatic hydroxyl groups excluding tert-OH is 1. The fourth-order valence-corrected chi connectivity index (χ4v) is 2.69. The number of fused-ring (bicyclic) bond motifs is 1. The summed E-state index contributed by atoms with van der Waals surface area (Å²) >= 11 is 0. The predicted octanol–water partition coefficient (Wildman–Crippen LogP) is 2.81. The second kappa shape index (κ2) is 5.81. The summed E-state index contributed by atoms with van der Waals surface area (Å²) in [5.74, 6) is 0.320. The van der Waals surface area contributed by atoms with Crippen LogP contribution in [-0.2, 0) is 6.42 Å². The Hall–Kier alpha value is -0.930. The zero-order valence-electron chi connectivity index (χ0n) is 11.1. The highest BCUT2D eigenvalue weighted by Gasteiger charge is 2.23. The van der Waals surface area contributed by atoms with Gasteiger partial charge >= 0.3 is 0 Å². The molecule has 18 heavy (non-hydrogen) atoms. The number of halogens is 1. The van der Waals surface area contributed by atoms with Crippen LogP contribution >= 0.6 is 0 Å². The van der Waals surface area contributed by atoms with E-state index in [1.165, 1.54) is 11.6 Å². The number of hydrogen-bond donors (Lipinski definition) is 2. The van der Waals surface area contributed by atoms with Crippen LogP contribution in [0.5, 0.6) is 0 Å². The third kappa shape index (κ3) is 3.30. The molecular weight excluding hydrogens is 229 g/mol. The second-order valence-electron chi connectivity index (χ2n) is 5.63. The average molecular weight is 251 g/mol. The number of benzene rings is 1. The van der Waals surface area contributed by atoms with E-state index >= 15 is 0 Å². The second-order valence-corrected chi connectivity index (χ2v) is 5.63. The number of hydrogen-bond acceptors (Lipinski definition) is 2. The van der Waals surface area contributed by atoms with E-state index in [9.17, 15) is 9.50 Å². The molecule has 2 N–H and O–H groups in total. The molecule has 0 aliphatic heterocycles. The van der Waals surface area contributed by atoms with Gasteiger partial charge in [-0.15, -0.1) is 0 Å². The van der Waals surface area contributed by atoms with E-state index in [4.69, 9.17) is 0 Å². The summed E-state index contributed by atoms with van der Waals surface area (Å²) in [7, 11) is 0. The van der Waals surface area contributed by atoms with Gasteiger partial charge in [-0.1, -0.05) is 19.9 Å². The van der Waals surface area contributed by atoms with Crippen molar-refractivity contribution in [2.24, 2.45) is 5.92 Å². The molecule has 0 radical (unpaired) electrons. The fourth-order valence-electron chi connectivity index (χ4n) is 2.69. The molecule has 2 atom stereocenters. The topological polar surface area (TPSA) is 32.3 Å². The molecule has 1 aromatic carbocycles. The molecular formula is C15H22FNO. The van der Waals surface area contributed by atoms with E-state index in [2.05, 4.69) is 19.2 Å². The van der Waals surface area contributed by atoms with Gasteiger partial charge in [0.25, 0.3) is 0 Å². The van der Waals surface area contributed by atoms with E-state index in [0.29, 0.717) is 12.5 Å². The standard InChI is InChI=1S/C15H22FNO/c1-10(2)7-13(18)9-17-15-6-4-11-3-5-12(16)8-14(11)15/h3,5,8,10,13,15,17-18H,4,6-7,9H2,1-2H3. The monoisotopic (exact) mass is 251 g/mol. The third-order valence-electron chi connectivity index (χ3n) is 3.53. The Morgan fingerprint density at radius 3 is 2.94 bits per heavy atom. The van der Waals surface area contributed by atoms with Crippen molar-refractivity contribution in [2.75, 3.05) is 6.54 Å². The van der Waals surface area contributed by atoms with E-state index < -0.39 is 0 Å². The van der Waals surface area contributed by atoms with Crippen molar-refractivity contribution < 1.29 is 9.50 Å². The quantitative estimate of drug-likeness (QED) is 0.843. The highest BCUT2D eigenvalue weighted by Crippen LogP contribution is 2.31. The Bertz CT molecular complexity index is 405. The van der Waals surface area contributed by atoms with Gasteiger partial charge in [-0.2, -0.15) is 0 Å². The summed E-state index contributed by atoms with van der Waals surface area (Å²) in [6.45, 7) is 4.78. The Morgan fingerprint density at radius 1 is 1.44 bits per heavy atom.